The first kappa shape index (κ1) is 14.7. The lowest BCUT2D eigenvalue weighted by molar-refractivity contribution is -0.108. The predicted molar refractivity (Wildman–Crippen MR) is 81.8 cm³/mol. The summed E-state index contributed by atoms with van der Waals surface area (Å²) in [6.45, 7) is 9.76. The third kappa shape index (κ3) is 3.43. The molecule has 1 aliphatic rings. The molecular formula is C16H24ClNO. The quantitative estimate of drug-likeness (QED) is 0.852. The van der Waals surface area contributed by atoms with Crippen molar-refractivity contribution in [3.63, 3.8) is 0 Å². The summed E-state index contributed by atoms with van der Waals surface area (Å²) < 4.78 is 5.98. The molecule has 0 heterocycles. The van der Waals surface area contributed by atoms with E-state index in [4.69, 9.17) is 16.3 Å². The van der Waals surface area contributed by atoms with Gasteiger partial charge in [-0.1, -0.05) is 45.4 Å². The Bertz CT molecular complexity index is 431. The Labute approximate surface area is 121 Å². The van der Waals surface area contributed by atoms with Crippen molar-refractivity contribution in [3.8, 4) is 0 Å². The number of hydrogen-bond acceptors (Lipinski definition) is 2. The molecule has 0 radical (unpaired) electrons. The number of halogens is 1. The van der Waals surface area contributed by atoms with Crippen LogP contribution in [0.15, 0.2) is 24.3 Å². The summed E-state index contributed by atoms with van der Waals surface area (Å²) in [4.78, 5) is 0. The molecule has 2 rings (SSSR count). The van der Waals surface area contributed by atoms with E-state index in [2.05, 4.69) is 39.1 Å². The predicted octanol–water partition coefficient (Wildman–Crippen LogP) is 4.59. The van der Waals surface area contributed by atoms with Crippen molar-refractivity contribution in [1.29, 1.82) is 0 Å². The fraction of sp³-hybridized carbons (Fsp3) is 0.625. The minimum atomic E-state index is 0.164. The van der Waals surface area contributed by atoms with Crippen molar-refractivity contribution in [2.45, 2.75) is 46.3 Å². The van der Waals surface area contributed by atoms with Crippen LogP contribution in [-0.4, -0.2) is 18.8 Å². The first-order valence-corrected chi connectivity index (χ1v) is 7.41. The maximum Gasteiger partial charge on any atom is 0.0665 e. The van der Waals surface area contributed by atoms with E-state index >= 15 is 0 Å². The molecule has 2 atom stereocenters. The second-order valence-corrected chi connectivity index (χ2v) is 6.92. The fourth-order valence-corrected chi connectivity index (χ4v) is 2.69. The minimum absolute atomic E-state index is 0.164. The molecule has 106 valence electrons. The van der Waals surface area contributed by atoms with Crippen LogP contribution in [0.25, 0.3) is 0 Å². The van der Waals surface area contributed by atoms with Gasteiger partial charge in [-0.05, 0) is 30.5 Å². The molecule has 2 nitrogen and oxygen atoms in total. The highest BCUT2D eigenvalue weighted by atomic mass is 35.5. The zero-order valence-corrected chi connectivity index (χ0v) is 13.0. The highest BCUT2D eigenvalue weighted by molar-refractivity contribution is 6.30. The fourth-order valence-electron chi connectivity index (χ4n) is 2.50. The molecule has 3 heteroatoms. The lowest BCUT2D eigenvalue weighted by Gasteiger charge is -2.52. The number of hydrogen-bond donors (Lipinski definition) is 1. The number of rotatable bonds is 5. The topological polar surface area (TPSA) is 21.3 Å². The molecule has 1 fully saturated rings. The van der Waals surface area contributed by atoms with Gasteiger partial charge < -0.3 is 10.1 Å². The smallest absolute Gasteiger partial charge is 0.0665 e. The van der Waals surface area contributed by atoms with Gasteiger partial charge in [-0.25, -0.2) is 0 Å². The zero-order valence-electron chi connectivity index (χ0n) is 12.2. The van der Waals surface area contributed by atoms with Crippen LogP contribution < -0.4 is 5.32 Å². The van der Waals surface area contributed by atoms with Crippen LogP contribution in [0.5, 0.6) is 0 Å². The molecule has 0 aliphatic heterocycles. The molecular weight excluding hydrogens is 258 g/mol. The Balaban J connectivity index is 1.90. The Morgan fingerprint density at radius 3 is 2.74 bits per heavy atom. The molecule has 2 unspecified atom stereocenters. The van der Waals surface area contributed by atoms with E-state index in [-0.39, 0.29) is 5.41 Å². The van der Waals surface area contributed by atoms with Crippen molar-refractivity contribution in [2.75, 3.05) is 11.9 Å². The van der Waals surface area contributed by atoms with Gasteiger partial charge in [-0.15, -0.1) is 0 Å². The summed E-state index contributed by atoms with van der Waals surface area (Å²) in [5.74, 6) is 0.593. The summed E-state index contributed by atoms with van der Waals surface area (Å²) in [5.41, 5.74) is 1.25. The molecule has 0 amide bonds. The number of anilines is 1. The lowest BCUT2D eigenvalue weighted by atomic mass is 9.64. The van der Waals surface area contributed by atoms with Gasteiger partial charge in [0.25, 0.3) is 0 Å². The number of ether oxygens (including phenoxy) is 1. The van der Waals surface area contributed by atoms with Gasteiger partial charge in [-0.3, -0.25) is 0 Å². The molecule has 0 bridgehead atoms. The average molecular weight is 282 g/mol. The van der Waals surface area contributed by atoms with Gasteiger partial charge >= 0.3 is 0 Å². The highest BCUT2D eigenvalue weighted by Gasteiger charge is 2.49. The first-order chi connectivity index (χ1) is 8.89. The van der Waals surface area contributed by atoms with Gasteiger partial charge in [0.2, 0.25) is 0 Å². The molecule has 1 aromatic rings. The second kappa shape index (κ2) is 5.72. The van der Waals surface area contributed by atoms with Gasteiger partial charge in [0, 0.05) is 28.8 Å². The molecule has 1 aliphatic carbocycles. The Hall–Kier alpha value is -0.730. The van der Waals surface area contributed by atoms with Crippen LogP contribution in [0.1, 0.15) is 34.1 Å². The standard InChI is InChI=1S/C16H24ClNO/c1-11(2)10-19-15-9-14(16(15,3)4)18-13-7-5-6-12(17)8-13/h5-8,11,14-15,18H,9-10H2,1-4H3. The van der Waals surface area contributed by atoms with E-state index in [0.29, 0.717) is 18.1 Å². The minimum Gasteiger partial charge on any atom is -0.382 e. The highest BCUT2D eigenvalue weighted by Crippen LogP contribution is 2.44. The average Bonchev–Trinajstić information content (AvgIpc) is 2.32. The lowest BCUT2D eigenvalue weighted by Crippen LogP contribution is -2.58. The van der Waals surface area contributed by atoms with E-state index in [1.807, 2.05) is 18.2 Å². The van der Waals surface area contributed by atoms with Crippen LogP contribution in [0.2, 0.25) is 5.02 Å². The summed E-state index contributed by atoms with van der Waals surface area (Å²) in [5, 5.41) is 4.34. The molecule has 1 aromatic carbocycles. The third-order valence-electron chi connectivity index (χ3n) is 3.97. The molecule has 1 saturated carbocycles. The van der Waals surface area contributed by atoms with Crippen molar-refractivity contribution in [1.82, 2.24) is 0 Å². The van der Waals surface area contributed by atoms with Gasteiger partial charge in [0.05, 0.1) is 6.10 Å². The van der Waals surface area contributed by atoms with E-state index in [1.54, 1.807) is 0 Å². The van der Waals surface area contributed by atoms with E-state index in [0.717, 1.165) is 23.7 Å². The Morgan fingerprint density at radius 1 is 1.42 bits per heavy atom. The summed E-state index contributed by atoms with van der Waals surface area (Å²) in [7, 11) is 0. The molecule has 1 N–H and O–H groups in total. The van der Waals surface area contributed by atoms with Crippen molar-refractivity contribution in [2.24, 2.45) is 11.3 Å². The summed E-state index contributed by atoms with van der Waals surface area (Å²) in [6, 6.07) is 8.35. The van der Waals surface area contributed by atoms with E-state index in [1.165, 1.54) is 0 Å². The van der Waals surface area contributed by atoms with Crippen LogP contribution in [0.3, 0.4) is 0 Å². The molecule has 0 aromatic heterocycles. The van der Waals surface area contributed by atoms with Crippen molar-refractivity contribution >= 4 is 17.3 Å². The maximum atomic E-state index is 6.01. The first-order valence-electron chi connectivity index (χ1n) is 7.03. The number of benzene rings is 1. The van der Waals surface area contributed by atoms with E-state index in [9.17, 15) is 0 Å². The maximum absolute atomic E-state index is 6.01. The summed E-state index contributed by atoms with van der Waals surface area (Å²) >= 11 is 6.01. The number of nitrogens with one attached hydrogen (secondary N) is 1. The SMILES string of the molecule is CC(C)COC1CC(Nc2cccc(Cl)c2)C1(C)C. The van der Waals surface area contributed by atoms with Crippen molar-refractivity contribution in [3.05, 3.63) is 29.3 Å². The van der Waals surface area contributed by atoms with Gasteiger partial charge in [-0.2, -0.15) is 0 Å². The Kier molecular flexibility index (Phi) is 4.42. The van der Waals surface area contributed by atoms with Gasteiger partial charge in [0.15, 0.2) is 0 Å². The van der Waals surface area contributed by atoms with Crippen molar-refractivity contribution < 1.29 is 4.74 Å². The third-order valence-corrected chi connectivity index (χ3v) is 4.21. The van der Waals surface area contributed by atoms with E-state index < -0.39 is 0 Å². The molecule has 0 saturated heterocycles. The molecule has 0 spiro atoms. The van der Waals surface area contributed by atoms with Crippen LogP contribution in [0.4, 0.5) is 5.69 Å². The normalized spacial score (nSPS) is 25.2. The van der Waals surface area contributed by atoms with Crippen LogP contribution in [-0.2, 0) is 4.74 Å². The Morgan fingerprint density at radius 2 is 2.16 bits per heavy atom. The van der Waals surface area contributed by atoms with Crippen LogP contribution >= 0.6 is 11.6 Å². The van der Waals surface area contributed by atoms with Crippen LogP contribution in [0, 0.1) is 11.3 Å². The largest absolute Gasteiger partial charge is 0.382 e. The van der Waals surface area contributed by atoms with Gasteiger partial charge in [0.1, 0.15) is 0 Å². The zero-order chi connectivity index (χ0) is 14.0. The second-order valence-electron chi connectivity index (χ2n) is 6.48. The summed E-state index contributed by atoms with van der Waals surface area (Å²) in [6.07, 6.45) is 1.42. The monoisotopic (exact) mass is 281 g/mol. The molecule has 19 heavy (non-hydrogen) atoms.